The van der Waals surface area contributed by atoms with E-state index in [1.165, 1.54) is 64.2 Å². The van der Waals surface area contributed by atoms with Gasteiger partial charge in [-0.15, -0.1) is 0 Å². The molecular weight excluding hydrogens is 344 g/mol. The molecule has 2 aliphatic rings. The molecule has 28 heavy (non-hydrogen) atoms. The van der Waals surface area contributed by atoms with Gasteiger partial charge in [-0.1, -0.05) is 88.3 Å². The van der Waals surface area contributed by atoms with Crippen molar-refractivity contribution >= 4 is 6.03 Å². The zero-order valence-corrected chi connectivity index (χ0v) is 18.5. The van der Waals surface area contributed by atoms with E-state index in [4.69, 9.17) is 0 Å². The van der Waals surface area contributed by atoms with Crippen molar-refractivity contribution < 1.29 is 4.79 Å². The molecule has 2 fully saturated rings. The van der Waals surface area contributed by atoms with Gasteiger partial charge in [-0.3, -0.25) is 0 Å². The summed E-state index contributed by atoms with van der Waals surface area (Å²) in [5.41, 5.74) is 0. The Bertz CT molecular complexity index is 490. The van der Waals surface area contributed by atoms with Crippen molar-refractivity contribution in [3.05, 3.63) is 36.4 Å². The third kappa shape index (κ3) is 8.67. The fourth-order valence-corrected chi connectivity index (χ4v) is 4.57. The number of hydrogen-bond donors (Lipinski definition) is 0. The standard InChI is InChI=1S/C19H36N2O.C6H6/c1-16-9-11-18(12-10-16)15-21(19(22)20(2)3)14-13-17-7-5-4-6-8-17;1-2-4-6-5-3-1/h16-18H,4-15H2,1-3H3;1-6H. The lowest BCUT2D eigenvalue weighted by Crippen LogP contribution is -2.43. The van der Waals surface area contributed by atoms with Crippen LogP contribution in [0.3, 0.4) is 0 Å². The number of benzene rings is 1. The highest BCUT2D eigenvalue weighted by Gasteiger charge is 2.25. The van der Waals surface area contributed by atoms with Gasteiger partial charge in [-0.2, -0.15) is 0 Å². The Kier molecular flexibility index (Phi) is 10.5. The van der Waals surface area contributed by atoms with E-state index in [1.54, 1.807) is 4.90 Å². The van der Waals surface area contributed by atoms with Crippen LogP contribution in [0.4, 0.5) is 4.79 Å². The van der Waals surface area contributed by atoms with E-state index in [9.17, 15) is 4.79 Å². The third-order valence-corrected chi connectivity index (χ3v) is 6.47. The van der Waals surface area contributed by atoms with Crippen LogP contribution in [0.15, 0.2) is 36.4 Å². The monoisotopic (exact) mass is 386 g/mol. The quantitative estimate of drug-likeness (QED) is 0.570. The second kappa shape index (κ2) is 12.9. The van der Waals surface area contributed by atoms with Gasteiger partial charge in [-0.05, 0) is 37.0 Å². The highest BCUT2D eigenvalue weighted by Crippen LogP contribution is 2.30. The number of rotatable bonds is 5. The largest absolute Gasteiger partial charge is 0.331 e. The van der Waals surface area contributed by atoms with Gasteiger partial charge in [0.2, 0.25) is 0 Å². The van der Waals surface area contributed by atoms with Gasteiger partial charge in [0.15, 0.2) is 0 Å². The SMILES string of the molecule is CC1CCC(CN(CCC2CCCCC2)C(=O)N(C)C)CC1.c1ccccc1. The van der Waals surface area contributed by atoms with Crippen LogP contribution < -0.4 is 0 Å². The number of carbonyl (C=O) groups is 1. The molecule has 2 saturated carbocycles. The number of urea groups is 1. The van der Waals surface area contributed by atoms with Crippen LogP contribution in [0.1, 0.15) is 71.1 Å². The molecular formula is C25H42N2O. The number of amides is 2. The Morgan fingerprint density at radius 1 is 0.786 bits per heavy atom. The van der Waals surface area contributed by atoms with E-state index in [-0.39, 0.29) is 6.03 Å². The van der Waals surface area contributed by atoms with Crippen molar-refractivity contribution in [2.45, 2.75) is 71.1 Å². The predicted molar refractivity (Wildman–Crippen MR) is 119 cm³/mol. The minimum absolute atomic E-state index is 0.217. The zero-order valence-electron chi connectivity index (χ0n) is 18.5. The van der Waals surface area contributed by atoms with Gasteiger partial charge in [0.05, 0.1) is 0 Å². The Morgan fingerprint density at radius 2 is 1.32 bits per heavy atom. The predicted octanol–water partition coefficient (Wildman–Crippen LogP) is 6.45. The molecule has 158 valence electrons. The molecule has 0 bridgehead atoms. The van der Waals surface area contributed by atoms with E-state index in [0.29, 0.717) is 0 Å². The summed E-state index contributed by atoms with van der Waals surface area (Å²) in [6.07, 6.45) is 13.5. The number of hydrogen-bond acceptors (Lipinski definition) is 1. The first-order valence-corrected chi connectivity index (χ1v) is 11.5. The molecule has 0 saturated heterocycles. The Hall–Kier alpha value is -1.51. The summed E-state index contributed by atoms with van der Waals surface area (Å²) in [5.74, 6) is 2.47. The van der Waals surface area contributed by atoms with Gasteiger partial charge in [-0.25, -0.2) is 4.79 Å². The van der Waals surface area contributed by atoms with Gasteiger partial charge in [0.25, 0.3) is 0 Å². The minimum Gasteiger partial charge on any atom is -0.331 e. The molecule has 3 nitrogen and oxygen atoms in total. The molecule has 0 N–H and O–H groups in total. The minimum atomic E-state index is 0.217. The average molecular weight is 387 g/mol. The summed E-state index contributed by atoms with van der Waals surface area (Å²) in [5, 5.41) is 0. The molecule has 3 rings (SSSR count). The topological polar surface area (TPSA) is 23.6 Å². The second-order valence-corrected chi connectivity index (χ2v) is 9.20. The van der Waals surface area contributed by atoms with Crippen LogP contribution in [-0.2, 0) is 0 Å². The molecule has 2 amide bonds. The molecule has 1 aromatic rings. The third-order valence-electron chi connectivity index (χ3n) is 6.47. The van der Waals surface area contributed by atoms with E-state index >= 15 is 0 Å². The Labute approximate surface area is 173 Å². The van der Waals surface area contributed by atoms with Crippen LogP contribution in [0.5, 0.6) is 0 Å². The van der Waals surface area contributed by atoms with Crippen LogP contribution in [0.25, 0.3) is 0 Å². The molecule has 0 heterocycles. The van der Waals surface area contributed by atoms with Crippen molar-refractivity contribution in [3.63, 3.8) is 0 Å². The molecule has 0 unspecified atom stereocenters. The van der Waals surface area contributed by atoms with Crippen molar-refractivity contribution in [3.8, 4) is 0 Å². The fourth-order valence-electron chi connectivity index (χ4n) is 4.57. The first kappa shape index (κ1) is 22.8. The molecule has 2 aliphatic carbocycles. The fraction of sp³-hybridized carbons (Fsp3) is 0.720. The molecule has 1 aromatic carbocycles. The molecule has 3 heteroatoms. The first-order valence-electron chi connectivity index (χ1n) is 11.5. The number of carbonyl (C=O) groups excluding carboxylic acids is 1. The molecule has 0 aliphatic heterocycles. The molecule has 0 spiro atoms. The lowest BCUT2D eigenvalue weighted by molar-refractivity contribution is 0.143. The second-order valence-electron chi connectivity index (χ2n) is 9.20. The molecule has 0 atom stereocenters. The maximum atomic E-state index is 12.5. The maximum Gasteiger partial charge on any atom is 0.319 e. The smallest absolute Gasteiger partial charge is 0.319 e. The van der Waals surface area contributed by atoms with E-state index in [1.807, 2.05) is 50.5 Å². The van der Waals surface area contributed by atoms with Crippen molar-refractivity contribution in [1.82, 2.24) is 9.80 Å². The van der Waals surface area contributed by atoms with Crippen molar-refractivity contribution in [2.24, 2.45) is 17.8 Å². The van der Waals surface area contributed by atoms with E-state index < -0.39 is 0 Å². The summed E-state index contributed by atoms with van der Waals surface area (Å²) in [7, 11) is 3.78. The van der Waals surface area contributed by atoms with Crippen LogP contribution in [-0.4, -0.2) is 43.0 Å². The summed E-state index contributed by atoms with van der Waals surface area (Å²) >= 11 is 0. The Balaban J connectivity index is 0.000000397. The van der Waals surface area contributed by atoms with Crippen LogP contribution in [0.2, 0.25) is 0 Å². The summed E-state index contributed by atoms with van der Waals surface area (Å²) < 4.78 is 0. The Morgan fingerprint density at radius 3 is 1.82 bits per heavy atom. The summed E-state index contributed by atoms with van der Waals surface area (Å²) in [6.45, 7) is 4.31. The average Bonchev–Trinajstić information content (AvgIpc) is 2.74. The van der Waals surface area contributed by atoms with Gasteiger partial charge in [0, 0.05) is 27.2 Å². The summed E-state index contributed by atoms with van der Waals surface area (Å²) in [4.78, 5) is 16.4. The molecule has 0 radical (unpaired) electrons. The van der Waals surface area contributed by atoms with Gasteiger partial charge < -0.3 is 9.80 Å². The highest BCUT2D eigenvalue weighted by atomic mass is 16.2. The van der Waals surface area contributed by atoms with Crippen LogP contribution >= 0.6 is 0 Å². The van der Waals surface area contributed by atoms with Gasteiger partial charge >= 0.3 is 6.03 Å². The molecule has 0 aromatic heterocycles. The van der Waals surface area contributed by atoms with Crippen LogP contribution in [0, 0.1) is 17.8 Å². The van der Waals surface area contributed by atoms with E-state index in [0.717, 1.165) is 30.8 Å². The van der Waals surface area contributed by atoms with Gasteiger partial charge in [0.1, 0.15) is 0 Å². The lowest BCUT2D eigenvalue weighted by atomic mass is 9.82. The maximum absolute atomic E-state index is 12.5. The number of nitrogens with zero attached hydrogens (tertiary/aromatic N) is 2. The first-order chi connectivity index (χ1) is 13.6. The van der Waals surface area contributed by atoms with Crippen molar-refractivity contribution in [1.29, 1.82) is 0 Å². The normalized spacial score (nSPS) is 22.7. The zero-order chi connectivity index (χ0) is 20.2. The van der Waals surface area contributed by atoms with E-state index in [2.05, 4.69) is 11.8 Å². The summed E-state index contributed by atoms with van der Waals surface area (Å²) in [6, 6.07) is 12.2. The highest BCUT2D eigenvalue weighted by molar-refractivity contribution is 5.73. The van der Waals surface area contributed by atoms with Crippen molar-refractivity contribution in [2.75, 3.05) is 27.2 Å². The lowest BCUT2D eigenvalue weighted by Gasteiger charge is -2.34.